The fraction of sp³-hybridized carbons (Fsp3) is 0.200. The van der Waals surface area contributed by atoms with Gasteiger partial charge < -0.3 is 0 Å². The SMILES string of the molecule is C#C/C=C\C=C(/C=C)CC. The summed E-state index contributed by atoms with van der Waals surface area (Å²) < 4.78 is 0. The predicted octanol–water partition coefficient (Wildman–Crippen LogP) is 2.70. The minimum Gasteiger partial charge on any atom is -0.115 e. The van der Waals surface area contributed by atoms with Crippen molar-refractivity contribution in [3.05, 3.63) is 36.5 Å². The fourth-order valence-corrected chi connectivity index (χ4v) is 0.557. The van der Waals surface area contributed by atoms with Gasteiger partial charge in [-0.05, 0) is 18.1 Å². The Morgan fingerprint density at radius 3 is 2.80 bits per heavy atom. The van der Waals surface area contributed by atoms with Crippen molar-refractivity contribution in [2.75, 3.05) is 0 Å². The largest absolute Gasteiger partial charge is 0.115 e. The number of allylic oxidation sites excluding steroid dienone is 5. The Balaban J connectivity index is 4.01. The summed E-state index contributed by atoms with van der Waals surface area (Å²) in [4.78, 5) is 0. The normalized spacial score (nSPS) is 11.4. The van der Waals surface area contributed by atoms with Crippen LogP contribution in [0.5, 0.6) is 0 Å². The van der Waals surface area contributed by atoms with Gasteiger partial charge in [-0.15, -0.1) is 6.42 Å². The van der Waals surface area contributed by atoms with Crippen LogP contribution >= 0.6 is 0 Å². The number of hydrogen-bond acceptors (Lipinski definition) is 0. The molecule has 0 aliphatic rings. The van der Waals surface area contributed by atoms with Gasteiger partial charge in [0.15, 0.2) is 0 Å². The maximum Gasteiger partial charge on any atom is -0.0122 e. The first kappa shape index (κ1) is 8.78. The molecule has 0 bridgehead atoms. The average molecular weight is 132 g/mol. The predicted molar refractivity (Wildman–Crippen MR) is 46.5 cm³/mol. The molecule has 0 rings (SSSR count). The van der Waals surface area contributed by atoms with Crippen LogP contribution in [0.1, 0.15) is 13.3 Å². The molecule has 0 atom stereocenters. The smallest absolute Gasteiger partial charge is 0.0122 e. The maximum atomic E-state index is 5.01. The highest BCUT2D eigenvalue weighted by Crippen LogP contribution is 2.00. The highest BCUT2D eigenvalue weighted by atomic mass is 13.9. The van der Waals surface area contributed by atoms with Crippen LogP contribution in [-0.2, 0) is 0 Å². The summed E-state index contributed by atoms with van der Waals surface area (Å²) in [5.41, 5.74) is 1.20. The average Bonchev–Trinajstić information content (AvgIpc) is 1.99. The molecule has 0 amide bonds. The summed E-state index contributed by atoms with van der Waals surface area (Å²) in [5, 5.41) is 0. The van der Waals surface area contributed by atoms with Crippen molar-refractivity contribution >= 4 is 0 Å². The molecule has 0 aliphatic carbocycles. The van der Waals surface area contributed by atoms with Crippen LogP contribution in [0.25, 0.3) is 0 Å². The highest BCUT2D eigenvalue weighted by Gasteiger charge is 1.80. The van der Waals surface area contributed by atoms with E-state index in [4.69, 9.17) is 6.42 Å². The Morgan fingerprint density at radius 1 is 1.70 bits per heavy atom. The lowest BCUT2D eigenvalue weighted by Crippen LogP contribution is -1.69. The van der Waals surface area contributed by atoms with Gasteiger partial charge in [0.2, 0.25) is 0 Å². The lowest BCUT2D eigenvalue weighted by atomic mass is 10.2. The van der Waals surface area contributed by atoms with Crippen molar-refractivity contribution < 1.29 is 0 Å². The Kier molecular flexibility index (Phi) is 5.19. The number of terminal acetylenes is 1. The van der Waals surface area contributed by atoms with Gasteiger partial charge in [0.1, 0.15) is 0 Å². The minimum atomic E-state index is 0.998. The highest BCUT2D eigenvalue weighted by molar-refractivity contribution is 5.24. The van der Waals surface area contributed by atoms with E-state index in [1.807, 2.05) is 18.2 Å². The monoisotopic (exact) mass is 132 g/mol. The molecule has 0 aromatic carbocycles. The molecule has 0 heteroatoms. The maximum absolute atomic E-state index is 5.01. The van der Waals surface area contributed by atoms with Crippen LogP contribution < -0.4 is 0 Å². The standard InChI is InChI=1S/C10H12/c1-4-7-8-9-10(5-2)6-3/h1,5,7-9H,2,6H2,3H3/b8-7-,10-9+. The van der Waals surface area contributed by atoms with E-state index in [0.717, 1.165) is 6.42 Å². The lowest BCUT2D eigenvalue weighted by Gasteiger charge is -1.89. The molecular formula is C10H12. The molecular weight excluding hydrogens is 120 g/mol. The molecule has 0 saturated heterocycles. The van der Waals surface area contributed by atoms with E-state index in [-0.39, 0.29) is 0 Å². The van der Waals surface area contributed by atoms with E-state index in [1.54, 1.807) is 6.08 Å². The summed E-state index contributed by atoms with van der Waals surface area (Å²) in [7, 11) is 0. The van der Waals surface area contributed by atoms with E-state index in [0.29, 0.717) is 0 Å². The summed E-state index contributed by atoms with van der Waals surface area (Å²) in [6.45, 7) is 5.74. The molecule has 0 saturated carbocycles. The first-order valence-corrected chi connectivity index (χ1v) is 3.29. The van der Waals surface area contributed by atoms with Gasteiger partial charge in [0.05, 0.1) is 0 Å². The summed E-state index contributed by atoms with van der Waals surface area (Å²) in [6, 6.07) is 0. The van der Waals surface area contributed by atoms with Crippen LogP contribution in [0, 0.1) is 12.3 Å². The minimum absolute atomic E-state index is 0.998. The first-order valence-electron chi connectivity index (χ1n) is 3.29. The third-order valence-electron chi connectivity index (χ3n) is 1.17. The molecule has 0 aromatic rings. The zero-order valence-electron chi connectivity index (χ0n) is 6.30. The van der Waals surface area contributed by atoms with Gasteiger partial charge in [-0.3, -0.25) is 0 Å². The van der Waals surface area contributed by atoms with E-state index in [2.05, 4.69) is 19.4 Å². The number of hydrogen-bond donors (Lipinski definition) is 0. The van der Waals surface area contributed by atoms with Crippen molar-refractivity contribution in [1.82, 2.24) is 0 Å². The van der Waals surface area contributed by atoms with Crippen molar-refractivity contribution in [1.29, 1.82) is 0 Å². The molecule has 0 aliphatic heterocycles. The number of rotatable bonds is 3. The van der Waals surface area contributed by atoms with Gasteiger partial charge in [-0.25, -0.2) is 0 Å². The molecule has 0 N–H and O–H groups in total. The van der Waals surface area contributed by atoms with Gasteiger partial charge in [0, 0.05) is 0 Å². The van der Waals surface area contributed by atoms with Gasteiger partial charge in [-0.2, -0.15) is 0 Å². The third-order valence-corrected chi connectivity index (χ3v) is 1.17. The molecule has 0 spiro atoms. The Morgan fingerprint density at radius 2 is 2.40 bits per heavy atom. The lowest BCUT2D eigenvalue weighted by molar-refractivity contribution is 1.15. The van der Waals surface area contributed by atoms with Crippen LogP contribution in [0.4, 0.5) is 0 Å². The molecule has 0 fully saturated rings. The third kappa shape index (κ3) is 3.74. The quantitative estimate of drug-likeness (QED) is 0.409. The summed E-state index contributed by atoms with van der Waals surface area (Å²) in [6.07, 6.45) is 13.3. The summed E-state index contributed by atoms with van der Waals surface area (Å²) >= 11 is 0. The van der Waals surface area contributed by atoms with Gasteiger partial charge in [-0.1, -0.05) is 37.7 Å². The van der Waals surface area contributed by atoms with E-state index < -0.39 is 0 Å². The van der Waals surface area contributed by atoms with E-state index in [1.165, 1.54) is 5.57 Å². The fourth-order valence-electron chi connectivity index (χ4n) is 0.557. The van der Waals surface area contributed by atoms with Crippen LogP contribution in [0.3, 0.4) is 0 Å². The van der Waals surface area contributed by atoms with Crippen LogP contribution in [0.15, 0.2) is 36.5 Å². The zero-order chi connectivity index (χ0) is 7.82. The molecule has 0 nitrogen and oxygen atoms in total. The molecule has 0 unspecified atom stereocenters. The van der Waals surface area contributed by atoms with Crippen molar-refractivity contribution in [2.24, 2.45) is 0 Å². The second-order valence-electron chi connectivity index (χ2n) is 1.83. The van der Waals surface area contributed by atoms with Gasteiger partial charge in [0.25, 0.3) is 0 Å². The Labute approximate surface area is 63.0 Å². The molecule has 0 heterocycles. The molecule has 0 aromatic heterocycles. The van der Waals surface area contributed by atoms with Crippen molar-refractivity contribution in [3.8, 4) is 12.3 Å². The topological polar surface area (TPSA) is 0 Å². The molecule has 0 radical (unpaired) electrons. The second-order valence-corrected chi connectivity index (χ2v) is 1.83. The van der Waals surface area contributed by atoms with Crippen molar-refractivity contribution in [2.45, 2.75) is 13.3 Å². The summed E-state index contributed by atoms with van der Waals surface area (Å²) in [5.74, 6) is 2.41. The Bertz CT molecular complexity index is 187. The van der Waals surface area contributed by atoms with Crippen LogP contribution in [-0.4, -0.2) is 0 Å². The zero-order valence-corrected chi connectivity index (χ0v) is 6.30. The van der Waals surface area contributed by atoms with Gasteiger partial charge >= 0.3 is 0 Å². The van der Waals surface area contributed by atoms with E-state index in [9.17, 15) is 0 Å². The Hall–Kier alpha value is -1.22. The van der Waals surface area contributed by atoms with E-state index >= 15 is 0 Å². The van der Waals surface area contributed by atoms with Crippen LogP contribution in [0.2, 0.25) is 0 Å². The second kappa shape index (κ2) is 5.91. The molecule has 10 heavy (non-hydrogen) atoms. The molecule has 52 valence electrons. The van der Waals surface area contributed by atoms with Crippen molar-refractivity contribution in [3.63, 3.8) is 0 Å². The first-order chi connectivity index (χ1) is 4.85.